The van der Waals surface area contributed by atoms with Gasteiger partial charge in [0.05, 0.1) is 12.0 Å². The number of carbonyl (C=O) groups excluding carboxylic acids is 1. The molecule has 0 fully saturated rings. The van der Waals surface area contributed by atoms with Crippen LogP contribution in [0.3, 0.4) is 0 Å². The molecule has 0 bridgehead atoms. The molecule has 6 nitrogen and oxygen atoms in total. The van der Waals surface area contributed by atoms with Gasteiger partial charge in [-0.25, -0.2) is 18.2 Å². The summed E-state index contributed by atoms with van der Waals surface area (Å²) in [6, 6.07) is 6.18. The molecule has 22 heavy (non-hydrogen) atoms. The van der Waals surface area contributed by atoms with Crippen LogP contribution < -0.4 is 0 Å². The number of nitrogens with zero attached hydrogens (tertiary/aromatic N) is 2. The number of sulfone groups is 1. The van der Waals surface area contributed by atoms with Gasteiger partial charge >= 0.3 is 5.97 Å². The fraction of sp³-hybridized carbons (Fsp3) is 0.333. The number of imidazole rings is 1. The maximum absolute atomic E-state index is 11.6. The Hall–Kier alpha value is -2.15. The van der Waals surface area contributed by atoms with Crippen molar-refractivity contribution in [2.75, 3.05) is 13.4 Å². The summed E-state index contributed by atoms with van der Waals surface area (Å²) >= 11 is 0. The third-order valence-electron chi connectivity index (χ3n) is 3.42. The van der Waals surface area contributed by atoms with Gasteiger partial charge in [0.15, 0.2) is 9.84 Å². The molecular formula is C15H18N2O4S. The first-order valence-corrected chi connectivity index (χ1v) is 8.60. The number of benzene rings is 1. The number of ether oxygens (including phenoxy) is 1. The Bertz CT molecular complexity index is 763. The summed E-state index contributed by atoms with van der Waals surface area (Å²) in [6.07, 6.45) is 5.02. The van der Waals surface area contributed by atoms with E-state index in [9.17, 15) is 13.2 Å². The van der Waals surface area contributed by atoms with E-state index in [1.807, 2.05) is 0 Å². The van der Waals surface area contributed by atoms with Crippen molar-refractivity contribution in [3.63, 3.8) is 0 Å². The van der Waals surface area contributed by atoms with Crippen LogP contribution in [0.2, 0.25) is 0 Å². The molecular weight excluding hydrogens is 304 g/mol. The van der Waals surface area contributed by atoms with Gasteiger partial charge in [0.25, 0.3) is 0 Å². The molecule has 0 aliphatic carbocycles. The van der Waals surface area contributed by atoms with Crippen molar-refractivity contribution in [1.29, 1.82) is 0 Å². The smallest absolute Gasteiger partial charge is 0.328 e. The lowest BCUT2D eigenvalue weighted by atomic mass is 10.1. The number of rotatable bonds is 5. The van der Waals surface area contributed by atoms with Gasteiger partial charge in [0.1, 0.15) is 11.9 Å². The number of hydrogen-bond acceptors (Lipinski definition) is 5. The monoisotopic (exact) mass is 322 g/mol. The molecule has 0 N–H and O–H groups in total. The SMILES string of the molecule is COC(=O)C(C)n1ccnc1Cc1ccc(S(C)(=O)=O)cc1. The molecule has 2 aromatic rings. The van der Waals surface area contributed by atoms with E-state index in [0.717, 1.165) is 5.56 Å². The van der Waals surface area contributed by atoms with Crippen LogP contribution in [0.1, 0.15) is 24.4 Å². The van der Waals surface area contributed by atoms with Gasteiger partial charge in [-0.15, -0.1) is 0 Å². The molecule has 0 saturated heterocycles. The number of hydrogen-bond donors (Lipinski definition) is 0. The fourth-order valence-electron chi connectivity index (χ4n) is 2.15. The molecule has 1 atom stereocenters. The number of methoxy groups -OCH3 is 1. The maximum atomic E-state index is 11.6. The molecule has 118 valence electrons. The Kier molecular flexibility index (Phi) is 4.65. The van der Waals surface area contributed by atoms with Crippen LogP contribution in [0.15, 0.2) is 41.6 Å². The van der Waals surface area contributed by atoms with Gasteiger partial charge in [-0.05, 0) is 24.6 Å². The number of esters is 1. The average molecular weight is 322 g/mol. The molecule has 0 amide bonds. The highest BCUT2D eigenvalue weighted by Gasteiger charge is 2.18. The van der Waals surface area contributed by atoms with Crippen molar-refractivity contribution in [3.05, 3.63) is 48.0 Å². The first kappa shape index (κ1) is 16.2. The van der Waals surface area contributed by atoms with Gasteiger partial charge in [0, 0.05) is 25.1 Å². The van der Waals surface area contributed by atoms with Crippen molar-refractivity contribution in [2.24, 2.45) is 0 Å². The molecule has 7 heteroatoms. The minimum absolute atomic E-state index is 0.280. The summed E-state index contributed by atoms with van der Waals surface area (Å²) in [5.74, 6) is 0.372. The van der Waals surface area contributed by atoms with E-state index < -0.39 is 15.9 Å². The average Bonchev–Trinajstić information content (AvgIpc) is 2.93. The van der Waals surface area contributed by atoms with E-state index in [-0.39, 0.29) is 10.9 Å². The topological polar surface area (TPSA) is 78.3 Å². The van der Waals surface area contributed by atoms with E-state index in [1.54, 1.807) is 48.1 Å². The van der Waals surface area contributed by atoms with Crippen molar-refractivity contribution >= 4 is 15.8 Å². The van der Waals surface area contributed by atoms with E-state index in [4.69, 9.17) is 4.74 Å². The zero-order valence-electron chi connectivity index (χ0n) is 12.7. The third-order valence-corrected chi connectivity index (χ3v) is 4.55. The van der Waals surface area contributed by atoms with Crippen molar-refractivity contribution in [1.82, 2.24) is 9.55 Å². The molecule has 0 spiro atoms. The first-order valence-electron chi connectivity index (χ1n) is 6.71. The summed E-state index contributed by atoms with van der Waals surface area (Å²) in [5, 5.41) is 0. The quantitative estimate of drug-likeness (QED) is 0.782. The lowest BCUT2D eigenvalue weighted by molar-refractivity contribution is -0.144. The van der Waals surface area contributed by atoms with E-state index in [1.165, 1.54) is 13.4 Å². The lowest BCUT2D eigenvalue weighted by Gasteiger charge is -2.14. The van der Waals surface area contributed by atoms with Crippen LogP contribution in [0.25, 0.3) is 0 Å². The van der Waals surface area contributed by atoms with E-state index in [0.29, 0.717) is 12.2 Å². The van der Waals surface area contributed by atoms with Gasteiger partial charge < -0.3 is 9.30 Å². The van der Waals surface area contributed by atoms with Crippen molar-refractivity contribution in [2.45, 2.75) is 24.3 Å². The molecule has 1 aromatic heterocycles. The van der Waals surface area contributed by atoms with Crippen molar-refractivity contribution < 1.29 is 17.9 Å². The zero-order chi connectivity index (χ0) is 16.3. The minimum Gasteiger partial charge on any atom is -0.467 e. The molecule has 0 aliphatic rings. The predicted molar refractivity (Wildman–Crippen MR) is 81.3 cm³/mol. The second-order valence-electron chi connectivity index (χ2n) is 5.04. The van der Waals surface area contributed by atoms with Gasteiger partial charge in [-0.2, -0.15) is 0 Å². The van der Waals surface area contributed by atoms with Crippen LogP contribution in [-0.2, 0) is 25.8 Å². The van der Waals surface area contributed by atoms with Gasteiger partial charge in [0.2, 0.25) is 0 Å². The fourth-order valence-corrected chi connectivity index (χ4v) is 2.79. The summed E-state index contributed by atoms with van der Waals surface area (Å²) in [6.45, 7) is 1.74. The minimum atomic E-state index is -3.20. The van der Waals surface area contributed by atoms with Crippen LogP contribution in [-0.4, -0.2) is 37.3 Å². The highest BCUT2D eigenvalue weighted by Crippen LogP contribution is 2.16. The van der Waals surface area contributed by atoms with E-state index >= 15 is 0 Å². The molecule has 0 aliphatic heterocycles. The molecule has 2 rings (SSSR count). The van der Waals surface area contributed by atoms with Crippen LogP contribution in [0.5, 0.6) is 0 Å². The molecule has 1 heterocycles. The Morgan fingerprint density at radius 3 is 2.50 bits per heavy atom. The third kappa shape index (κ3) is 3.54. The summed E-state index contributed by atoms with van der Waals surface area (Å²) < 4.78 is 29.4. The standard InChI is InChI=1S/C15H18N2O4S/c1-11(15(18)21-2)17-9-8-16-14(17)10-12-4-6-13(7-5-12)22(3,19)20/h4-9,11H,10H2,1-3H3. The summed E-state index contributed by atoms with van der Waals surface area (Å²) in [4.78, 5) is 16.2. The Labute approximate surface area is 129 Å². The molecule has 0 radical (unpaired) electrons. The molecule has 1 unspecified atom stereocenters. The highest BCUT2D eigenvalue weighted by molar-refractivity contribution is 7.90. The van der Waals surface area contributed by atoms with Crippen LogP contribution in [0.4, 0.5) is 0 Å². The highest BCUT2D eigenvalue weighted by atomic mass is 32.2. The number of aromatic nitrogens is 2. The number of carbonyl (C=O) groups is 1. The Morgan fingerprint density at radius 2 is 1.95 bits per heavy atom. The zero-order valence-corrected chi connectivity index (χ0v) is 13.5. The van der Waals surface area contributed by atoms with Gasteiger partial charge in [-0.1, -0.05) is 12.1 Å². The first-order chi connectivity index (χ1) is 10.3. The normalized spacial score (nSPS) is 12.9. The lowest BCUT2D eigenvalue weighted by Crippen LogP contribution is -2.19. The second-order valence-corrected chi connectivity index (χ2v) is 7.06. The predicted octanol–water partition coefficient (Wildman–Crippen LogP) is 1.61. The van der Waals surface area contributed by atoms with E-state index in [2.05, 4.69) is 4.98 Å². The van der Waals surface area contributed by atoms with Crippen LogP contribution in [0, 0.1) is 0 Å². The molecule has 0 saturated carbocycles. The largest absolute Gasteiger partial charge is 0.467 e. The van der Waals surface area contributed by atoms with Crippen molar-refractivity contribution in [3.8, 4) is 0 Å². The summed E-state index contributed by atoms with van der Waals surface area (Å²) in [7, 11) is -1.85. The van der Waals surface area contributed by atoms with Crippen LogP contribution >= 0.6 is 0 Å². The molecule has 1 aromatic carbocycles. The summed E-state index contributed by atoms with van der Waals surface area (Å²) in [5.41, 5.74) is 0.914. The Balaban J connectivity index is 2.22. The maximum Gasteiger partial charge on any atom is 0.328 e. The Morgan fingerprint density at radius 1 is 1.32 bits per heavy atom. The second kappa shape index (κ2) is 6.31. The van der Waals surface area contributed by atoms with Gasteiger partial charge in [-0.3, -0.25) is 0 Å².